The molecule has 0 heterocycles. The fourth-order valence-corrected chi connectivity index (χ4v) is 4.50. The van der Waals surface area contributed by atoms with E-state index in [0.717, 1.165) is 26.1 Å². The lowest BCUT2D eigenvalue weighted by molar-refractivity contribution is -0.122. The molecule has 0 aliphatic carbocycles. The van der Waals surface area contributed by atoms with Gasteiger partial charge in [-0.1, -0.05) is 88.4 Å². The maximum absolute atomic E-state index is 11.9. The molecule has 0 aliphatic rings. The summed E-state index contributed by atoms with van der Waals surface area (Å²) in [5, 5.41) is 2.84. The molecule has 0 aliphatic heterocycles. The average molecular weight is 543 g/mol. The van der Waals surface area contributed by atoms with Gasteiger partial charge in [0.1, 0.15) is 0 Å². The molecule has 2 rings (SSSR count). The molecule has 2 aromatic carbocycles. The molecule has 0 aromatic heterocycles. The third kappa shape index (κ3) is 14.6. The van der Waals surface area contributed by atoms with Gasteiger partial charge < -0.3 is 24.3 Å². The highest BCUT2D eigenvalue weighted by Crippen LogP contribution is 2.38. The lowest BCUT2D eigenvalue weighted by Crippen LogP contribution is -2.38. The van der Waals surface area contributed by atoms with Crippen molar-refractivity contribution in [1.82, 2.24) is 10.2 Å². The zero-order valence-electron chi connectivity index (χ0n) is 24.5. The Bertz CT molecular complexity index is 873. The van der Waals surface area contributed by atoms with Crippen LogP contribution in [0.5, 0.6) is 0 Å². The van der Waals surface area contributed by atoms with Crippen molar-refractivity contribution in [2.24, 2.45) is 5.41 Å². The molecule has 1 N–H and O–H groups in total. The molecule has 0 radical (unpaired) electrons. The lowest BCUT2D eigenvalue weighted by Gasteiger charge is -2.41. The largest absolute Gasteiger partial charge is 0.379 e. The molecular formula is C32H50N2O5. The topological polar surface area (TPSA) is 69.3 Å². The Morgan fingerprint density at radius 3 is 1.95 bits per heavy atom. The van der Waals surface area contributed by atoms with Gasteiger partial charge in [-0.05, 0) is 23.0 Å². The Balaban J connectivity index is 1.67. The van der Waals surface area contributed by atoms with E-state index in [-0.39, 0.29) is 17.4 Å². The van der Waals surface area contributed by atoms with Crippen molar-refractivity contribution >= 4 is 5.91 Å². The van der Waals surface area contributed by atoms with E-state index in [1.807, 2.05) is 0 Å². The summed E-state index contributed by atoms with van der Waals surface area (Å²) in [6.07, 6.45) is 1.33. The van der Waals surface area contributed by atoms with Crippen LogP contribution in [-0.2, 0) is 30.3 Å². The van der Waals surface area contributed by atoms with E-state index in [1.54, 1.807) is 0 Å². The van der Waals surface area contributed by atoms with Gasteiger partial charge >= 0.3 is 0 Å². The summed E-state index contributed by atoms with van der Waals surface area (Å²) >= 11 is 0. The molecule has 0 saturated carbocycles. The highest BCUT2D eigenvalue weighted by Gasteiger charge is 2.31. The molecule has 0 bridgehead atoms. The highest BCUT2D eigenvalue weighted by atomic mass is 16.5. The third-order valence-electron chi connectivity index (χ3n) is 6.19. The smallest absolute Gasteiger partial charge is 0.222 e. The van der Waals surface area contributed by atoms with Gasteiger partial charge in [0.05, 0.1) is 46.2 Å². The van der Waals surface area contributed by atoms with E-state index in [1.165, 1.54) is 11.1 Å². The first-order chi connectivity index (χ1) is 18.9. The standard InChI is InChI=1S/C32H50N2O5/c1-5-19-36-23-25-38-21-17-33-30(35)16-20-37-24-26-39-22-18-34(27-28-12-8-6-9-13-28)31(32(2,3)4)29-14-10-7-11-15-29/h6-15,31H,5,16-27H2,1-4H3,(H,33,35). The summed E-state index contributed by atoms with van der Waals surface area (Å²) in [6, 6.07) is 21.6. The fraction of sp³-hybridized carbons (Fsp3) is 0.594. The number of rotatable bonds is 21. The van der Waals surface area contributed by atoms with Crippen LogP contribution in [0.4, 0.5) is 0 Å². The average Bonchev–Trinajstić information content (AvgIpc) is 2.92. The quantitative estimate of drug-likeness (QED) is 0.217. The van der Waals surface area contributed by atoms with Crippen molar-refractivity contribution in [2.75, 3.05) is 65.9 Å². The maximum atomic E-state index is 11.9. The summed E-state index contributed by atoms with van der Waals surface area (Å²) in [5.74, 6) is -0.0348. The van der Waals surface area contributed by atoms with Crippen LogP contribution < -0.4 is 5.32 Å². The molecule has 7 nitrogen and oxygen atoms in total. The maximum Gasteiger partial charge on any atom is 0.222 e. The fourth-order valence-electron chi connectivity index (χ4n) is 4.50. The number of amides is 1. The van der Waals surface area contributed by atoms with E-state index < -0.39 is 0 Å². The van der Waals surface area contributed by atoms with E-state index >= 15 is 0 Å². The number of nitrogens with zero attached hydrogens (tertiary/aromatic N) is 1. The van der Waals surface area contributed by atoms with Gasteiger partial charge in [0.15, 0.2) is 0 Å². The zero-order valence-corrected chi connectivity index (χ0v) is 24.5. The Kier molecular flexibility index (Phi) is 16.6. The minimum absolute atomic E-state index is 0.0348. The van der Waals surface area contributed by atoms with Crippen LogP contribution in [0, 0.1) is 5.41 Å². The van der Waals surface area contributed by atoms with E-state index in [4.69, 9.17) is 18.9 Å². The van der Waals surface area contributed by atoms with Gasteiger partial charge in [0.25, 0.3) is 0 Å². The third-order valence-corrected chi connectivity index (χ3v) is 6.19. The number of ether oxygens (including phenoxy) is 4. The minimum atomic E-state index is -0.0348. The Morgan fingerprint density at radius 2 is 1.33 bits per heavy atom. The predicted octanol–water partition coefficient (Wildman–Crippen LogP) is 5.26. The van der Waals surface area contributed by atoms with Crippen LogP contribution in [-0.4, -0.2) is 76.8 Å². The van der Waals surface area contributed by atoms with Crippen molar-refractivity contribution in [2.45, 2.75) is 53.1 Å². The number of nitrogens with one attached hydrogen (secondary N) is 1. The number of hydrogen-bond donors (Lipinski definition) is 1. The van der Waals surface area contributed by atoms with E-state index in [2.05, 4.69) is 98.6 Å². The Labute approximate surface area is 236 Å². The molecule has 1 unspecified atom stereocenters. The lowest BCUT2D eigenvalue weighted by atomic mass is 9.81. The summed E-state index contributed by atoms with van der Waals surface area (Å²) < 4.78 is 22.3. The molecule has 2 aromatic rings. The van der Waals surface area contributed by atoms with E-state index in [0.29, 0.717) is 59.2 Å². The number of benzene rings is 2. The van der Waals surface area contributed by atoms with Crippen molar-refractivity contribution in [3.63, 3.8) is 0 Å². The molecule has 7 heteroatoms. The minimum Gasteiger partial charge on any atom is -0.379 e. The Hall–Kier alpha value is -2.29. The molecule has 1 atom stereocenters. The highest BCUT2D eigenvalue weighted by molar-refractivity contribution is 5.75. The SMILES string of the molecule is CCCOCCOCCNC(=O)CCOCCOCCN(Cc1ccccc1)C(c1ccccc1)C(C)(C)C. The van der Waals surface area contributed by atoms with Crippen LogP contribution in [0.15, 0.2) is 60.7 Å². The van der Waals surface area contributed by atoms with Crippen LogP contribution in [0.3, 0.4) is 0 Å². The second-order valence-corrected chi connectivity index (χ2v) is 10.7. The first-order valence-electron chi connectivity index (χ1n) is 14.3. The van der Waals surface area contributed by atoms with E-state index in [9.17, 15) is 4.79 Å². The molecule has 1 amide bonds. The van der Waals surface area contributed by atoms with Crippen LogP contribution in [0.25, 0.3) is 0 Å². The van der Waals surface area contributed by atoms with Crippen molar-refractivity contribution in [3.05, 3.63) is 71.8 Å². The van der Waals surface area contributed by atoms with Crippen molar-refractivity contribution in [3.8, 4) is 0 Å². The van der Waals surface area contributed by atoms with Gasteiger partial charge in [0.2, 0.25) is 5.91 Å². The predicted molar refractivity (Wildman–Crippen MR) is 157 cm³/mol. The van der Waals surface area contributed by atoms with Crippen LogP contribution in [0.1, 0.15) is 57.7 Å². The van der Waals surface area contributed by atoms with Gasteiger partial charge in [-0.2, -0.15) is 0 Å². The monoisotopic (exact) mass is 542 g/mol. The summed E-state index contributed by atoms with van der Waals surface area (Å²) in [6.45, 7) is 15.4. The number of hydrogen-bond acceptors (Lipinski definition) is 6. The molecule has 218 valence electrons. The first kappa shape index (κ1) is 32.9. The number of carbonyl (C=O) groups is 1. The first-order valence-corrected chi connectivity index (χ1v) is 14.3. The molecular weight excluding hydrogens is 492 g/mol. The van der Waals surface area contributed by atoms with Crippen LogP contribution >= 0.6 is 0 Å². The summed E-state index contributed by atoms with van der Waals surface area (Å²) in [7, 11) is 0. The molecule has 0 saturated heterocycles. The van der Waals surface area contributed by atoms with Crippen molar-refractivity contribution < 1.29 is 23.7 Å². The summed E-state index contributed by atoms with van der Waals surface area (Å²) in [4.78, 5) is 14.4. The second kappa shape index (κ2) is 19.7. The number of carbonyl (C=O) groups excluding carboxylic acids is 1. The van der Waals surface area contributed by atoms with Crippen molar-refractivity contribution in [1.29, 1.82) is 0 Å². The normalized spacial score (nSPS) is 12.5. The molecule has 39 heavy (non-hydrogen) atoms. The van der Waals surface area contributed by atoms with Gasteiger partial charge in [0, 0.05) is 38.7 Å². The second-order valence-electron chi connectivity index (χ2n) is 10.7. The van der Waals surface area contributed by atoms with Gasteiger partial charge in [-0.15, -0.1) is 0 Å². The summed E-state index contributed by atoms with van der Waals surface area (Å²) in [5.41, 5.74) is 2.65. The molecule has 0 fully saturated rings. The Morgan fingerprint density at radius 1 is 0.769 bits per heavy atom. The van der Waals surface area contributed by atoms with Gasteiger partial charge in [-0.25, -0.2) is 0 Å². The van der Waals surface area contributed by atoms with Crippen LogP contribution in [0.2, 0.25) is 0 Å². The van der Waals surface area contributed by atoms with Gasteiger partial charge in [-0.3, -0.25) is 9.69 Å². The zero-order chi connectivity index (χ0) is 28.2. The molecule has 0 spiro atoms.